The Labute approximate surface area is 133 Å². The lowest BCUT2D eigenvalue weighted by molar-refractivity contribution is 0.0198. The SMILES string of the molecule is CCCNC1CC(C)CCC1C(C)(C)C1CCC(C)CC1. The Morgan fingerprint density at radius 1 is 0.905 bits per heavy atom. The van der Waals surface area contributed by atoms with Crippen LogP contribution in [0.1, 0.15) is 86.0 Å². The Kier molecular flexibility index (Phi) is 6.17. The molecule has 0 spiro atoms. The van der Waals surface area contributed by atoms with Crippen LogP contribution in [-0.4, -0.2) is 12.6 Å². The summed E-state index contributed by atoms with van der Waals surface area (Å²) in [4.78, 5) is 0. The molecule has 0 amide bonds. The minimum Gasteiger partial charge on any atom is -0.314 e. The van der Waals surface area contributed by atoms with E-state index in [1.54, 1.807) is 0 Å². The first kappa shape index (κ1) is 17.3. The molecule has 2 fully saturated rings. The fourth-order valence-corrected chi connectivity index (χ4v) is 5.13. The normalized spacial score (nSPS) is 38.4. The van der Waals surface area contributed by atoms with E-state index in [0.29, 0.717) is 5.41 Å². The van der Waals surface area contributed by atoms with Crippen molar-refractivity contribution in [2.45, 2.75) is 92.0 Å². The summed E-state index contributed by atoms with van der Waals surface area (Å²) in [6.45, 7) is 13.6. The van der Waals surface area contributed by atoms with Crippen LogP contribution >= 0.6 is 0 Å². The van der Waals surface area contributed by atoms with Gasteiger partial charge in [0.05, 0.1) is 0 Å². The number of nitrogens with one attached hydrogen (secondary N) is 1. The molecule has 2 aliphatic carbocycles. The molecule has 1 N–H and O–H groups in total. The van der Waals surface area contributed by atoms with Gasteiger partial charge in [0.2, 0.25) is 0 Å². The van der Waals surface area contributed by atoms with Gasteiger partial charge in [-0.25, -0.2) is 0 Å². The Balaban J connectivity index is 2.04. The molecule has 0 heterocycles. The first-order chi connectivity index (χ1) is 9.95. The van der Waals surface area contributed by atoms with Crippen molar-refractivity contribution in [3.8, 4) is 0 Å². The van der Waals surface area contributed by atoms with Crippen LogP contribution in [0.2, 0.25) is 0 Å². The highest BCUT2D eigenvalue weighted by Gasteiger charge is 2.43. The summed E-state index contributed by atoms with van der Waals surface area (Å²) in [7, 11) is 0. The highest BCUT2D eigenvalue weighted by atomic mass is 14.9. The average molecular weight is 294 g/mol. The Morgan fingerprint density at radius 2 is 1.52 bits per heavy atom. The molecule has 3 unspecified atom stereocenters. The predicted molar refractivity (Wildman–Crippen MR) is 93.5 cm³/mol. The largest absolute Gasteiger partial charge is 0.314 e. The van der Waals surface area contributed by atoms with E-state index in [-0.39, 0.29) is 0 Å². The molecule has 1 heteroatoms. The van der Waals surface area contributed by atoms with Crippen LogP contribution in [-0.2, 0) is 0 Å². The molecule has 0 aliphatic heterocycles. The molecule has 0 radical (unpaired) electrons. The quantitative estimate of drug-likeness (QED) is 0.691. The van der Waals surface area contributed by atoms with Crippen molar-refractivity contribution in [1.82, 2.24) is 5.32 Å². The maximum atomic E-state index is 3.91. The first-order valence-electron chi connectivity index (χ1n) is 9.68. The zero-order valence-electron chi connectivity index (χ0n) is 15.3. The van der Waals surface area contributed by atoms with E-state index in [4.69, 9.17) is 0 Å². The molecule has 0 saturated heterocycles. The van der Waals surface area contributed by atoms with Crippen LogP contribution in [0.3, 0.4) is 0 Å². The summed E-state index contributed by atoms with van der Waals surface area (Å²) in [6.07, 6.45) is 11.4. The molecule has 124 valence electrons. The van der Waals surface area contributed by atoms with Gasteiger partial charge in [0.15, 0.2) is 0 Å². The molecule has 3 atom stereocenters. The second kappa shape index (κ2) is 7.49. The Morgan fingerprint density at radius 3 is 2.14 bits per heavy atom. The lowest BCUT2D eigenvalue weighted by Crippen LogP contribution is -2.49. The predicted octanol–water partition coefficient (Wildman–Crippen LogP) is 5.64. The van der Waals surface area contributed by atoms with E-state index in [2.05, 4.69) is 39.9 Å². The van der Waals surface area contributed by atoms with Crippen molar-refractivity contribution in [2.75, 3.05) is 6.54 Å². The number of rotatable bonds is 5. The zero-order chi connectivity index (χ0) is 15.5. The second-order valence-corrected chi connectivity index (χ2v) is 8.86. The molecule has 21 heavy (non-hydrogen) atoms. The van der Waals surface area contributed by atoms with Gasteiger partial charge in [-0.3, -0.25) is 0 Å². The molecule has 1 nitrogen and oxygen atoms in total. The van der Waals surface area contributed by atoms with Crippen molar-refractivity contribution in [2.24, 2.45) is 29.1 Å². The molecule has 2 rings (SSSR count). The van der Waals surface area contributed by atoms with Gasteiger partial charge < -0.3 is 5.32 Å². The third-order valence-electron chi connectivity index (χ3n) is 6.79. The maximum Gasteiger partial charge on any atom is 0.0103 e. The van der Waals surface area contributed by atoms with Crippen molar-refractivity contribution in [3.05, 3.63) is 0 Å². The van der Waals surface area contributed by atoms with Crippen LogP contribution in [0.4, 0.5) is 0 Å². The summed E-state index contributed by atoms with van der Waals surface area (Å²) in [5.74, 6) is 3.73. The van der Waals surface area contributed by atoms with E-state index in [0.717, 1.165) is 29.7 Å². The lowest BCUT2D eigenvalue weighted by Gasteiger charge is -2.50. The van der Waals surface area contributed by atoms with Crippen molar-refractivity contribution < 1.29 is 0 Å². The standard InChI is InChI=1S/C20H39N/c1-6-13-21-19-14-16(3)9-12-18(19)20(4,5)17-10-7-15(2)8-11-17/h15-19,21H,6-14H2,1-5H3. The third kappa shape index (κ3) is 4.24. The summed E-state index contributed by atoms with van der Waals surface area (Å²) >= 11 is 0. The van der Waals surface area contributed by atoms with E-state index < -0.39 is 0 Å². The van der Waals surface area contributed by atoms with E-state index in [1.165, 1.54) is 57.9 Å². The lowest BCUT2D eigenvalue weighted by atomic mass is 9.58. The molecule has 0 aromatic heterocycles. The maximum absolute atomic E-state index is 3.91. The monoisotopic (exact) mass is 293 g/mol. The van der Waals surface area contributed by atoms with Crippen LogP contribution in [0.15, 0.2) is 0 Å². The zero-order valence-corrected chi connectivity index (χ0v) is 15.3. The summed E-state index contributed by atoms with van der Waals surface area (Å²) in [5.41, 5.74) is 0.520. The molecular formula is C20H39N. The van der Waals surface area contributed by atoms with Gasteiger partial charge in [-0.15, -0.1) is 0 Å². The van der Waals surface area contributed by atoms with Crippen LogP contribution in [0.25, 0.3) is 0 Å². The fourth-order valence-electron chi connectivity index (χ4n) is 5.13. The third-order valence-corrected chi connectivity index (χ3v) is 6.79. The molecule has 2 saturated carbocycles. The van der Waals surface area contributed by atoms with Gasteiger partial charge in [0.25, 0.3) is 0 Å². The topological polar surface area (TPSA) is 12.0 Å². The average Bonchev–Trinajstić information content (AvgIpc) is 2.45. The van der Waals surface area contributed by atoms with Gasteiger partial charge in [0, 0.05) is 6.04 Å². The van der Waals surface area contributed by atoms with Crippen molar-refractivity contribution in [1.29, 1.82) is 0 Å². The van der Waals surface area contributed by atoms with Crippen LogP contribution in [0.5, 0.6) is 0 Å². The first-order valence-corrected chi connectivity index (χ1v) is 9.68. The minimum absolute atomic E-state index is 0.520. The second-order valence-electron chi connectivity index (χ2n) is 8.86. The number of hydrogen-bond donors (Lipinski definition) is 1. The summed E-state index contributed by atoms with van der Waals surface area (Å²) < 4.78 is 0. The minimum atomic E-state index is 0.520. The highest BCUT2D eigenvalue weighted by molar-refractivity contribution is 4.96. The van der Waals surface area contributed by atoms with Crippen LogP contribution < -0.4 is 5.32 Å². The fraction of sp³-hybridized carbons (Fsp3) is 1.00. The molecule has 0 aromatic rings. The van der Waals surface area contributed by atoms with Crippen molar-refractivity contribution >= 4 is 0 Å². The van der Waals surface area contributed by atoms with Gasteiger partial charge in [-0.1, -0.05) is 53.9 Å². The van der Waals surface area contributed by atoms with E-state index in [1.807, 2.05) is 0 Å². The smallest absolute Gasteiger partial charge is 0.0103 e. The number of hydrogen-bond acceptors (Lipinski definition) is 1. The van der Waals surface area contributed by atoms with Gasteiger partial charge >= 0.3 is 0 Å². The Hall–Kier alpha value is -0.0400. The Bertz CT molecular complexity index is 301. The van der Waals surface area contributed by atoms with Gasteiger partial charge in [-0.2, -0.15) is 0 Å². The molecule has 0 aromatic carbocycles. The molecule has 0 bridgehead atoms. The summed E-state index contributed by atoms with van der Waals surface area (Å²) in [5, 5.41) is 3.91. The highest BCUT2D eigenvalue weighted by Crippen LogP contribution is 2.49. The van der Waals surface area contributed by atoms with E-state index >= 15 is 0 Å². The van der Waals surface area contributed by atoms with Gasteiger partial charge in [-0.05, 0) is 67.7 Å². The van der Waals surface area contributed by atoms with E-state index in [9.17, 15) is 0 Å². The van der Waals surface area contributed by atoms with Crippen LogP contribution in [0, 0.1) is 29.1 Å². The summed E-state index contributed by atoms with van der Waals surface area (Å²) in [6, 6.07) is 0.767. The molecular weight excluding hydrogens is 254 g/mol. The molecule has 2 aliphatic rings. The van der Waals surface area contributed by atoms with Gasteiger partial charge in [0.1, 0.15) is 0 Å². The van der Waals surface area contributed by atoms with Crippen molar-refractivity contribution in [3.63, 3.8) is 0 Å².